The summed E-state index contributed by atoms with van der Waals surface area (Å²) in [6.45, 7) is 0. The number of aromatic nitrogens is 1. The number of carbonyl (C=O) groups is 1. The van der Waals surface area contributed by atoms with Gasteiger partial charge in [0.15, 0.2) is 5.78 Å². The van der Waals surface area contributed by atoms with Crippen molar-refractivity contribution < 1.29 is 9.21 Å². The van der Waals surface area contributed by atoms with Crippen molar-refractivity contribution in [2.45, 2.75) is 0 Å². The van der Waals surface area contributed by atoms with E-state index in [1.165, 1.54) is 6.08 Å². The Morgan fingerprint density at radius 1 is 0.800 bits per heavy atom. The summed E-state index contributed by atoms with van der Waals surface area (Å²) in [6, 6.07) is 27.2. The molecule has 0 fully saturated rings. The third kappa shape index (κ3) is 3.47. The molecule has 0 amide bonds. The van der Waals surface area contributed by atoms with Gasteiger partial charge < -0.3 is 9.73 Å². The molecule has 5 rings (SSSR count). The van der Waals surface area contributed by atoms with Crippen LogP contribution in [-0.4, -0.2) is 10.8 Å². The summed E-state index contributed by atoms with van der Waals surface area (Å²) in [6.07, 6.45) is 4.77. The fraction of sp³-hybridized carbons (Fsp3) is 0. The third-order valence-electron chi connectivity index (χ3n) is 4.97. The summed E-state index contributed by atoms with van der Waals surface area (Å²) >= 11 is 0. The minimum atomic E-state index is -0.0715. The Bertz CT molecular complexity index is 1310. The zero-order valence-electron chi connectivity index (χ0n) is 16.1. The maximum absolute atomic E-state index is 12.4. The van der Waals surface area contributed by atoms with E-state index in [0.717, 1.165) is 33.2 Å². The highest BCUT2D eigenvalue weighted by Gasteiger charge is 2.09. The largest absolute Gasteiger partial charge is 0.465 e. The number of fused-ring (bicyclic) bond motifs is 2. The second-order valence-corrected chi connectivity index (χ2v) is 6.94. The SMILES string of the molecule is O=C(/C=C/c1ccco1)c1ccc(Nc2c3ccccc3nc3ccccc23)cc1. The van der Waals surface area contributed by atoms with E-state index in [1.54, 1.807) is 24.5 Å². The van der Waals surface area contributed by atoms with E-state index in [4.69, 9.17) is 9.40 Å². The Hall–Kier alpha value is -4.18. The maximum Gasteiger partial charge on any atom is 0.185 e. The number of pyridine rings is 1. The molecule has 0 aliphatic heterocycles. The Labute approximate surface area is 173 Å². The van der Waals surface area contributed by atoms with Gasteiger partial charge in [0.05, 0.1) is 23.0 Å². The van der Waals surface area contributed by atoms with Gasteiger partial charge in [-0.05, 0) is 60.7 Å². The highest BCUT2D eigenvalue weighted by molar-refractivity contribution is 6.09. The van der Waals surface area contributed by atoms with E-state index in [2.05, 4.69) is 17.4 Å². The summed E-state index contributed by atoms with van der Waals surface area (Å²) in [7, 11) is 0. The average molecular weight is 390 g/mol. The van der Waals surface area contributed by atoms with Gasteiger partial charge in [-0.3, -0.25) is 4.79 Å². The van der Waals surface area contributed by atoms with Crippen molar-refractivity contribution in [2.75, 3.05) is 5.32 Å². The number of allylic oxidation sites excluding steroid dienone is 1. The van der Waals surface area contributed by atoms with Crippen LogP contribution in [0.15, 0.2) is 102 Å². The van der Waals surface area contributed by atoms with Crippen LogP contribution < -0.4 is 5.32 Å². The van der Waals surface area contributed by atoms with Gasteiger partial charge in [-0.1, -0.05) is 36.4 Å². The van der Waals surface area contributed by atoms with Gasteiger partial charge >= 0.3 is 0 Å². The smallest absolute Gasteiger partial charge is 0.185 e. The van der Waals surface area contributed by atoms with Crippen molar-refractivity contribution in [1.29, 1.82) is 0 Å². The first-order chi connectivity index (χ1) is 14.8. The van der Waals surface area contributed by atoms with Gasteiger partial charge in [0.25, 0.3) is 0 Å². The van der Waals surface area contributed by atoms with Gasteiger partial charge in [-0.2, -0.15) is 0 Å². The summed E-state index contributed by atoms with van der Waals surface area (Å²) in [5.74, 6) is 0.579. The first-order valence-corrected chi connectivity index (χ1v) is 9.68. The third-order valence-corrected chi connectivity index (χ3v) is 4.97. The molecule has 4 heteroatoms. The minimum Gasteiger partial charge on any atom is -0.465 e. The molecule has 0 spiro atoms. The summed E-state index contributed by atoms with van der Waals surface area (Å²) in [5.41, 5.74) is 4.41. The lowest BCUT2D eigenvalue weighted by atomic mass is 10.1. The van der Waals surface area contributed by atoms with Crippen molar-refractivity contribution in [3.05, 3.63) is 109 Å². The molecular formula is C26H18N2O2. The molecule has 0 atom stereocenters. The van der Waals surface area contributed by atoms with E-state index in [-0.39, 0.29) is 5.78 Å². The van der Waals surface area contributed by atoms with Gasteiger partial charge in [0, 0.05) is 22.0 Å². The summed E-state index contributed by atoms with van der Waals surface area (Å²) in [4.78, 5) is 17.2. The van der Waals surface area contributed by atoms with Gasteiger partial charge in [-0.15, -0.1) is 0 Å². The molecule has 0 saturated heterocycles. The number of ketones is 1. The Balaban J connectivity index is 1.46. The number of hydrogen-bond acceptors (Lipinski definition) is 4. The number of carbonyl (C=O) groups excluding carboxylic acids is 1. The van der Waals surface area contributed by atoms with Crippen LogP contribution in [0.4, 0.5) is 11.4 Å². The summed E-state index contributed by atoms with van der Waals surface area (Å²) in [5, 5.41) is 5.63. The number of hydrogen-bond donors (Lipinski definition) is 1. The van der Waals surface area contributed by atoms with Gasteiger partial charge in [-0.25, -0.2) is 4.98 Å². The molecule has 30 heavy (non-hydrogen) atoms. The maximum atomic E-state index is 12.4. The predicted octanol–water partition coefficient (Wildman–Crippen LogP) is 6.62. The van der Waals surface area contributed by atoms with E-state index < -0.39 is 0 Å². The molecule has 0 saturated carbocycles. The minimum absolute atomic E-state index is 0.0715. The molecule has 0 radical (unpaired) electrons. The molecular weight excluding hydrogens is 372 g/mol. The average Bonchev–Trinajstić information content (AvgIpc) is 3.31. The molecule has 2 aromatic heterocycles. The molecule has 0 bridgehead atoms. The lowest BCUT2D eigenvalue weighted by Crippen LogP contribution is -1.97. The standard InChI is InChI=1S/C26H18N2O2/c29-25(16-15-20-6-5-17-30-20)18-11-13-19(14-12-18)27-26-21-7-1-3-9-23(21)28-24-10-4-2-8-22(24)26/h1-17H,(H,27,28)/b16-15+. The number of benzene rings is 3. The lowest BCUT2D eigenvalue weighted by molar-refractivity contribution is 0.104. The van der Waals surface area contributed by atoms with Crippen molar-refractivity contribution in [3.8, 4) is 0 Å². The second kappa shape index (κ2) is 7.68. The Morgan fingerprint density at radius 3 is 2.10 bits per heavy atom. The molecule has 0 unspecified atom stereocenters. The van der Waals surface area contributed by atoms with E-state index >= 15 is 0 Å². The van der Waals surface area contributed by atoms with Crippen molar-refractivity contribution in [1.82, 2.24) is 4.98 Å². The first-order valence-electron chi connectivity index (χ1n) is 9.68. The Kier molecular flexibility index (Phi) is 4.58. The molecule has 144 valence electrons. The monoisotopic (exact) mass is 390 g/mol. The molecule has 5 aromatic rings. The molecule has 4 nitrogen and oxygen atoms in total. The quantitative estimate of drug-likeness (QED) is 0.208. The lowest BCUT2D eigenvalue weighted by Gasteiger charge is -2.13. The number of furan rings is 1. The van der Waals surface area contributed by atoms with E-state index in [9.17, 15) is 4.79 Å². The fourth-order valence-corrected chi connectivity index (χ4v) is 3.48. The van der Waals surface area contributed by atoms with Gasteiger partial charge in [0.1, 0.15) is 5.76 Å². The van der Waals surface area contributed by atoms with Crippen LogP contribution >= 0.6 is 0 Å². The van der Waals surface area contributed by atoms with E-state index in [0.29, 0.717) is 11.3 Å². The number of para-hydroxylation sites is 2. The normalized spacial score (nSPS) is 11.3. The summed E-state index contributed by atoms with van der Waals surface area (Å²) < 4.78 is 5.22. The molecule has 0 aliphatic rings. The van der Waals surface area contributed by atoms with Crippen LogP contribution in [0.5, 0.6) is 0 Å². The zero-order chi connectivity index (χ0) is 20.3. The molecule has 3 aromatic carbocycles. The van der Waals surface area contributed by atoms with E-state index in [1.807, 2.05) is 60.7 Å². The van der Waals surface area contributed by atoms with Crippen LogP contribution in [0.1, 0.15) is 16.1 Å². The second-order valence-electron chi connectivity index (χ2n) is 6.94. The highest BCUT2D eigenvalue weighted by Crippen LogP contribution is 2.33. The van der Waals surface area contributed by atoms with Crippen LogP contribution in [0.2, 0.25) is 0 Å². The van der Waals surface area contributed by atoms with Crippen LogP contribution in [0.25, 0.3) is 27.9 Å². The molecule has 0 aliphatic carbocycles. The van der Waals surface area contributed by atoms with Crippen molar-refractivity contribution >= 4 is 45.0 Å². The van der Waals surface area contributed by atoms with Crippen LogP contribution in [-0.2, 0) is 0 Å². The van der Waals surface area contributed by atoms with Gasteiger partial charge in [0.2, 0.25) is 0 Å². The fourth-order valence-electron chi connectivity index (χ4n) is 3.48. The predicted molar refractivity (Wildman–Crippen MR) is 121 cm³/mol. The Morgan fingerprint density at radius 2 is 1.47 bits per heavy atom. The topological polar surface area (TPSA) is 55.1 Å². The van der Waals surface area contributed by atoms with Crippen LogP contribution in [0, 0.1) is 0 Å². The number of nitrogens with zero attached hydrogens (tertiary/aromatic N) is 1. The number of anilines is 2. The zero-order valence-corrected chi connectivity index (χ0v) is 16.1. The highest BCUT2D eigenvalue weighted by atomic mass is 16.3. The van der Waals surface area contributed by atoms with Crippen molar-refractivity contribution in [3.63, 3.8) is 0 Å². The first kappa shape index (κ1) is 17.9. The van der Waals surface area contributed by atoms with Crippen molar-refractivity contribution in [2.24, 2.45) is 0 Å². The van der Waals surface area contributed by atoms with Crippen LogP contribution in [0.3, 0.4) is 0 Å². The number of nitrogens with one attached hydrogen (secondary N) is 1. The molecule has 1 N–H and O–H groups in total. The number of rotatable bonds is 5. The molecule has 2 heterocycles.